The maximum atomic E-state index is 6.46. The maximum absolute atomic E-state index is 6.46. The van der Waals surface area contributed by atoms with Gasteiger partial charge in [0, 0.05) is 39.6 Å². The Morgan fingerprint density at radius 1 is 0.605 bits per heavy atom. The van der Waals surface area contributed by atoms with E-state index in [4.69, 9.17) is 4.42 Å². The highest BCUT2D eigenvalue weighted by molar-refractivity contribution is 6.10. The Balaban J connectivity index is 1.10. The molecule has 3 heterocycles. The number of fused-ring (bicyclic) bond motifs is 8. The molecule has 0 saturated heterocycles. The number of hydrogen-bond donors (Lipinski definition) is 0. The van der Waals surface area contributed by atoms with Crippen LogP contribution in [0, 0.1) is 6.92 Å². The van der Waals surface area contributed by atoms with Crippen molar-refractivity contribution in [2.45, 2.75) is 25.8 Å². The Morgan fingerprint density at radius 3 is 2.12 bits per heavy atom. The summed E-state index contributed by atoms with van der Waals surface area (Å²) in [5.74, 6) is 0. The van der Waals surface area contributed by atoms with E-state index >= 15 is 0 Å². The van der Waals surface area contributed by atoms with Crippen molar-refractivity contribution in [2.75, 3.05) is 9.80 Å². The van der Waals surface area contributed by atoms with Crippen LogP contribution in [-0.2, 0) is 12.8 Å². The molecule has 3 heteroatoms. The highest BCUT2D eigenvalue weighted by Gasteiger charge is 2.37. The molecule has 1 unspecified atom stereocenters. The molecule has 2 aliphatic heterocycles. The predicted molar refractivity (Wildman–Crippen MR) is 178 cm³/mol. The van der Waals surface area contributed by atoms with E-state index in [-0.39, 0.29) is 0 Å². The van der Waals surface area contributed by atoms with Crippen LogP contribution in [0.5, 0.6) is 0 Å². The number of nitrogens with zero attached hydrogens (tertiary/aromatic N) is 2. The second kappa shape index (κ2) is 9.37. The lowest BCUT2D eigenvalue weighted by Gasteiger charge is -2.25. The number of anilines is 5. The normalized spacial score (nSPS) is 15.1. The lowest BCUT2D eigenvalue weighted by atomic mass is 9.98. The molecular formula is C40H30N2O. The summed E-state index contributed by atoms with van der Waals surface area (Å²) in [5, 5.41) is 2.26. The number of hydrogen-bond acceptors (Lipinski definition) is 3. The lowest BCUT2D eigenvalue weighted by Crippen LogP contribution is -2.22. The largest absolute Gasteiger partial charge is 0.454 e. The summed E-state index contributed by atoms with van der Waals surface area (Å²) >= 11 is 0. The average molecular weight is 555 g/mol. The van der Waals surface area contributed by atoms with Gasteiger partial charge in [-0.25, -0.2) is 0 Å². The maximum Gasteiger partial charge on any atom is 0.159 e. The molecule has 7 aromatic rings. The first kappa shape index (κ1) is 24.3. The molecule has 0 fully saturated rings. The van der Waals surface area contributed by atoms with Gasteiger partial charge in [-0.15, -0.1) is 0 Å². The van der Waals surface area contributed by atoms with Crippen molar-refractivity contribution < 1.29 is 4.42 Å². The van der Waals surface area contributed by atoms with Gasteiger partial charge in [0.05, 0.1) is 5.69 Å². The van der Waals surface area contributed by atoms with E-state index in [0.29, 0.717) is 6.04 Å². The summed E-state index contributed by atoms with van der Waals surface area (Å²) in [6.45, 7) is 2.19. The lowest BCUT2D eigenvalue weighted by molar-refractivity contribution is 0.669. The Morgan fingerprint density at radius 2 is 1.28 bits per heavy atom. The molecule has 1 atom stereocenters. The molecule has 0 N–H and O–H groups in total. The van der Waals surface area contributed by atoms with E-state index in [9.17, 15) is 0 Å². The third-order valence-corrected chi connectivity index (χ3v) is 9.21. The molecular weight excluding hydrogens is 524 g/mol. The van der Waals surface area contributed by atoms with Gasteiger partial charge in [-0.1, -0.05) is 84.4 Å². The van der Waals surface area contributed by atoms with E-state index in [1.165, 1.54) is 39.2 Å². The van der Waals surface area contributed by atoms with Crippen LogP contribution in [0.2, 0.25) is 0 Å². The van der Waals surface area contributed by atoms with E-state index < -0.39 is 0 Å². The molecule has 1 aromatic heterocycles. The van der Waals surface area contributed by atoms with Gasteiger partial charge >= 0.3 is 0 Å². The van der Waals surface area contributed by atoms with E-state index in [0.717, 1.165) is 51.8 Å². The molecule has 43 heavy (non-hydrogen) atoms. The minimum atomic E-state index is 0.532. The quantitative estimate of drug-likeness (QED) is 0.216. The van der Waals surface area contributed by atoms with Crippen molar-refractivity contribution in [3.63, 3.8) is 0 Å². The van der Waals surface area contributed by atoms with Gasteiger partial charge in [0.2, 0.25) is 0 Å². The summed E-state index contributed by atoms with van der Waals surface area (Å²) in [5.41, 5.74) is 14.5. The molecule has 2 aliphatic rings. The van der Waals surface area contributed by atoms with Gasteiger partial charge in [0.25, 0.3) is 0 Å². The molecule has 206 valence electrons. The molecule has 0 saturated carbocycles. The van der Waals surface area contributed by atoms with Crippen LogP contribution in [-0.4, -0.2) is 6.04 Å². The molecule has 3 nitrogen and oxygen atoms in total. The number of rotatable bonds is 4. The fourth-order valence-corrected chi connectivity index (χ4v) is 7.28. The summed E-state index contributed by atoms with van der Waals surface area (Å²) in [6, 6.07) is 48.6. The van der Waals surface area contributed by atoms with Crippen LogP contribution in [0.15, 0.2) is 138 Å². The first-order chi connectivity index (χ1) is 21.2. The summed E-state index contributed by atoms with van der Waals surface area (Å²) in [6.07, 6.45) is 2.22. The zero-order valence-electron chi connectivity index (χ0n) is 24.0. The zero-order valence-corrected chi connectivity index (χ0v) is 24.0. The highest BCUT2D eigenvalue weighted by Crippen LogP contribution is 2.47. The average Bonchev–Trinajstić information content (AvgIpc) is 3.71. The van der Waals surface area contributed by atoms with E-state index in [1.54, 1.807) is 0 Å². The van der Waals surface area contributed by atoms with Gasteiger partial charge in [0.15, 0.2) is 5.58 Å². The predicted octanol–water partition coefficient (Wildman–Crippen LogP) is 10.7. The van der Waals surface area contributed by atoms with Crippen molar-refractivity contribution in [2.24, 2.45) is 0 Å². The number of para-hydroxylation sites is 3. The van der Waals surface area contributed by atoms with Crippen LogP contribution in [0.4, 0.5) is 28.4 Å². The number of benzene rings is 6. The van der Waals surface area contributed by atoms with Gasteiger partial charge in [0.1, 0.15) is 5.58 Å². The first-order valence-corrected chi connectivity index (χ1v) is 15.1. The monoisotopic (exact) mass is 554 g/mol. The van der Waals surface area contributed by atoms with Crippen LogP contribution in [0.3, 0.4) is 0 Å². The van der Waals surface area contributed by atoms with Crippen LogP contribution < -0.4 is 9.80 Å². The van der Waals surface area contributed by atoms with Crippen molar-refractivity contribution in [3.8, 4) is 11.1 Å². The molecule has 6 aromatic carbocycles. The smallest absolute Gasteiger partial charge is 0.159 e. The van der Waals surface area contributed by atoms with Crippen LogP contribution in [0.25, 0.3) is 33.1 Å². The minimum absolute atomic E-state index is 0.532. The topological polar surface area (TPSA) is 19.6 Å². The Kier molecular flexibility index (Phi) is 5.30. The Bertz CT molecular complexity index is 2160. The summed E-state index contributed by atoms with van der Waals surface area (Å²) in [7, 11) is 0. The minimum Gasteiger partial charge on any atom is -0.454 e. The van der Waals surface area contributed by atoms with E-state index in [2.05, 4.69) is 138 Å². The second-order valence-electron chi connectivity index (χ2n) is 11.9. The number of aryl methyl sites for hydroxylation is 1. The van der Waals surface area contributed by atoms with E-state index in [1.807, 2.05) is 12.1 Å². The Hall–Kier alpha value is -5.28. The Labute approximate surface area is 251 Å². The van der Waals surface area contributed by atoms with Gasteiger partial charge < -0.3 is 14.2 Å². The fraction of sp³-hybridized carbons (Fsp3) is 0.100. The molecule has 0 amide bonds. The SMILES string of the molecule is Cc1ccc2c(c1)CC1Cc3cc(-c4ccc(N(c5ccccc5)c5cccc6c5oc5ccccc56)cc4)ccc3N21. The second-order valence-corrected chi connectivity index (χ2v) is 11.9. The first-order valence-electron chi connectivity index (χ1n) is 15.1. The van der Waals surface area contributed by atoms with Gasteiger partial charge in [-0.05, 0) is 96.6 Å². The number of furan rings is 1. The van der Waals surface area contributed by atoms with Crippen molar-refractivity contribution >= 4 is 50.4 Å². The molecule has 0 aliphatic carbocycles. The standard InChI is InChI=1S/C40H30N2O/c1-26-14-20-36-29(22-26)24-33-25-30-23-28(17-21-37(30)42(33)36)27-15-18-32(19-16-27)41(31-8-3-2-4-9-31)38-12-7-11-35-34-10-5-6-13-39(34)43-40(35)38/h2-23,33H,24-25H2,1H3. The zero-order chi connectivity index (χ0) is 28.5. The highest BCUT2D eigenvalue weighted by atomic mass is 16.3. The van der Waals surface area contributed by atoms with Gasteiger partial charge in [-0.3, -0.25) is 0 Å². The van der Waals surface area contributed by atoms with Crippen molar-refractivity contribution in [3.05, 3.63) is 150 Å². The molecule has 0 radical (unpaired) electrons. The molecule has 0 spiro atoms. The molecule has 9 rings (SSSR count). The third kappa shape index (κ3) is 3.81. The summed E-state index contributed by atoms with van der Waals surface area (Å²) in [4.78, 5) is 4.86. The van der Waals surface area contributed by atoms with Crippen molar-refractivity contribution in [1.82, 2.24) is 0 Å². The van der Waals surface area contributed by atoms with Crippen LogP contribution in [0.1, 0.15) is 16.7 Å². The summed E-state index contributed by atoms with van der Waals surface area (Å²) < 4.78 is 6.46. The fourth-order valence-electron chi connectivity index (χ4n) is 7.28. The van der Waals surface area contributed by atoms with Gasteiger partial charge in [-0.2, -0.15) is 0 Å². The third-order valence-electron chi connectivity index (χ3n) is 9.21. The van der Waals surface area contributed by atoms with Crippen molar-refractivity contribution in [1.29, 1.82) is 0 Å². The molecule has 0 bridgehead atoms. The van der Waals surface area contributed by atoms with Crippen LogP contribution >= 0.6 is 0 Å².